The first kappa shape index (κ1) is 11.2. The van der Waals surface area contributed by atoms with Crippen LogP contribution in [0.15, 0.2) is 4.60 Å². The molecule has 78 valence electrons. The van der Waals surface area contributed by atoms with Crippen LogP contribution in [0, 0.1) is 0 Å². The van der Waals surface area contributed by atoms with Crippen molar-refractivity contribution in [2.24, 2.45) is 0 Å². The Balaban J connectivity index is 2.62. The summed E-state index contributed by atoms with van der Waals surface area (Å²) in [6, 6.07) is 0. The molecule has 4 nitrogen and oxygen atoms in total. The van der Waals surface area contributed by atoms with Gasteiger partial charge in [-0.25, -0.2) is 4.98 Å². The summed E-state index contributed by atoms with van der Waals surface area (Å²) >= 11 is 3.30. The predicted octanol–water partition coefficient (Wildman–Crippen LogP) is 2.14. The number of nitrogens with one attached hydrogen (secondary N) is 1. The van der Waals surface area contributed by atoms with E-state index >= 15 is 0 Å². The van der Waals surface area contributed by atoms with E-state index in [1.54, 1.807) is 0 Å². The lowest BCUT2D eigenvalue weighted by atomic mass is 10.2. The SMILES string of the molecule is CCCc1nc(Br)c(CCC(=O)O)[nH]1. The number of aryl methyl sites for hydroxylation is 2. The van der Waals surface area contributed by atoms with Crippen molar-refractivity contribution in [3.8, 4) is 0 Å². The molecule has 0 aromatic carbocycles. The average Bonchev–Trinajstić information content (AvgIpc) is 2.44. The molecule has 5 heteroatoms. The molecule has 0 spiro atoms. The van der Waals surface area contributed by atoms with Crippen LogP contribution in [0.4, 0.5) is 0 Å². The van der Waals surface area contributed by atoms with Crippen molar-refractivity contribution in [2.75, 3.05) is 0 Å². The second-order valence-corrected chi connectivity index (χ2v) is 3.85. The smallest absolute Gasteiger partial charge is 0.303 e. The van der Waals surface area contributed by atoms with Gasteiger partial charge in [0.25, 0.3) is 0 Å². The normalized spacial score (nSPS) is 10.4. The zero-order valence-electron chi connectivity index (χ0n) is 8.01. The Morgan fingerprint density at radius 1 is 1.57 bits per heavy atom. The van der Waals surface area contributed by atoms with E-state index in [9.17, 15) is 4.79 Å². The maximum Gasteiger partial charge on any atom is 0.303 e. The van der Waals surface area contributed by atoms with E-state index in [1.807, 2.05) is 0 Å². The molecule has 0 saturated heterocycles. The number of H-pyrrole nitrogens is 1. The average molecular weight is 261 g/mol. The Labute approximate surface area is 90.9 Å². The van der Waals surface area contributed by atoms with Crippen molar-refractivity contribution < 1.29 is 9.90 Å². The van der Waals surface area contributed by atoms with Gasteiger partial charge in [-0.05, 0) is 22.4 Å². The molecule has 0 radical (unpaired) electrons. The highest BCUT2D eigenvalue weighted by Crippen LogP contribution is 2.16. The van der Waals surface area contributed by atoms with E-state index < -0.39 is 5.97 Å². The monoisotopic (exact) mass is 260 g/mol. The number of imidazole rings is 1. The van der Waals surface area contributed by atoms with Crippen LogP contribution in [0.25, 0.3) is 0 Å². The third kappa shape index (κ3) is 3.14. The Bertz CT molecular complexity index is 323. The molecule has 0 aliphatic heterocycles. The van der Waals surface area contributed by atoms with Gasteiger partial charge in [-0.2, -0.15) is 0 Å². The Hall–Kier alpha value is -0.840. The van der Waals surface area contributed by atoms with E-state index in [1.165, 1.54) is 0 Å². The van der Waals surface area contributed by atoms with Crippen molar-refractivity contribution in [3.63, 3.8) is 0 Å². The molecule has 1 aromatic rings. The fourth-order valence-corrected chi connectivity index (χ4v) is 1.70. The zero-order chi connectivity index (χ0) is 10.6. The van der Waals surface area contributed by atoms with Crippen molar-refractivity contribution in [1.82, 2.24) is 9.97 Å². The summed E-state index contributed by atoms with van der Waals surface area (Å²) in [5, 5.41) is 8.53. The van der Waals surface area contributed by atoms with Crippen LogP contribution in [0.5, 0.6) is 0 Å². The minimum atomic E-state index is -0.788. The van der Waals surface area contributed by atoms with Crippen molar-refractivity contribution >= 4 is 21.9 Å². The standard InChI is InChI=1S/C9H13BrN2O2/c1-2-3-7-11-6(9(10)12-7)4-5-8(13)14/h2-5H2,1H3,(H,11,12)(H,13,14). The molecule has 0 bridgehead atoms. The number of carbonyl (C=O) groups is 1. The Morgan fingerprint density at radius 3 is 2.86 bits per heavy atom. The van der Waals surface area contributed by atoms with E-state index in [4.69, 9.17) is 5.11 Å². The molecule has 1 aromatic heterocycles. The lowest BCUT2D eigenvalue weighted by molar-refractivity contribution is -0.136. The van der Waals surface area contributed by atoms with Crippen LogP contribution in [0.3, 0.4) is 0 Å². The highest BCUT2D eigenvalue weighted by atomic mass is 79.9. The number of rotatable bonds is 5. The van der Waals surface area contributed by atoms with Gasteiger partial charge in [0.1, 0.15) is 10.4 Å². The number of carboxylic acid groups (broad SMARTS) is 1. The molecule has 0 amide bonds. The lowest BCUT2D eigenvalue weighted by Gasteiger charge is -1.93. The second-order valence-electron chi connectivity index (χ2n) is 3.10. The topological polar surface area (TPSA) is 66.0 Å². The quantitative estimate of drug-likeness (QED) is 0.853. The van der Waals surface area contributed by atoms with Gasteiger partial charge in [0.05, 0.1) is 6.42 Å². The van der Waals surface area contributed by atoms with Gasteiger partial charge in [-0.1, -0.05) is 6.92 Å². The summed E-state index contributed by atoms with van der Waals surface area (Å²) in [6.07, 6.45) is 2.54. The van der Waals surface area contributed by atoms with Gasteiger partial charge in [0.15, 0.2) is 0 Å². The third-order valence-corrected chi connectivity index (χ3v) is 2.51. The molecule has 14 heavy (non-hydrogen) atoms. The first-order valence-electron chi connectivity index (χ1n) is 4.58. The fourth-order valence-electron chi connectivity index (χ4n) is 1.19. The Morgan fingerprint density at radius 2 is 2.29 bits per heavy atom. The first-order valence-corrected chi connectivity index (χ1v) is 5.37. The number of aromatic amines is 1. The summed E-state index contributed by atoms with van der Waals surface area (Å²) in [6.45, 7) is 2.08. The highest BCUT2D eigenvalue weighted by Gasteiger charge is 2.08. The lowest BCUT2D eigenvalue weighted by Crippen LogP contribution is -1.98. The second kappa shape index (κ2) is 5.14. The third-order valence-electron chi connectivity index (χ3n) is 1.85. The number of nitrogens with zero attached hydrogens (tertiary/aromatic N) is 1. The number of halogens is 1. The predicted molar refractivity (Wildman–Crippen MR) is 56.2 cm³/mol. The zero-order valence-corrected chi connectivity index (χ0v) is 9.60. The van der Waals surface area contributed by atoms with E-state index in [-0.39, 0.29) is 6.42 Å². The summed E-state index contributed by atoms with van der Waals surface area (Å²) in [5.74, 6) is 0.128. The molecule has 0 fully saturated rings. The van der Waals surface area contributed by atoms with Crippen LogP contribution < -0.4 is 0 Å². The molecule has 1 rings (SSSR count). The molecular weight excluding hydrogens is 248 g/mol. The van der Waals surface area contributed by atoms with Gasteiger partial charge in [-0.15, -0.1) is 0 Å². The molecule has 0 saturated carbocycles. The van der Waals surface area contributed by atoms with Gasteiger partial charge >= 0.3 is 5.97 Å². The summed E-state index contributed by atoms with van der Waals surface area (Å²) in [5.41, 5.74) is 0.871. The molecule has 1 heterocycles. The first-order chi connectivity index (χ1) is 6.63. The number of carboxylic acids is 1. The maximum atomic E-state index is 10.4. The summed E-state index contributed by atoms with van der Waals surface area (Å²) < 4.78 is 0.738. The van der Waals surface area contributed by atoms with Crippen molar-refractivity contribution in [1.29, 1.82) is 0 Å². The van der Waals surface area contributed by atoms with Crippen LogP contribution in [-0.2, 0) is 17.6 Å². The van der Waals surface area contributed by atoms with Gasteiger partial charge < -0.3 is 10.1 Å². The van der Waals surface area contributed by atoms with Crippen LogP contribution in [0.2, 0.25) is 0 Å². The number of hydrogen-bond acceptors (Lipinski definition) is 2. The van der Waals surface area contributed by atoms with Crippen LogP contribution >= 0.6 is 15.9 Å². The molecular formula is C9H13BrN2O2. The van der Waals surface area contributed by atoms with Crippen molar-refractivity contribution in [3.05, 3.63) is 16.1 Å². The van der Waals surface area contributed by atoms with Crippen LogP contribution in [0.1, 0.15) is 31.3 Å². The summed E-state index contributed by atoms with van der Waals surface area (Å²) in [4.78, 5) is 17.7. The minimum Gasteiger partial charge on any atom is -0.481 e. The number of aliphatic carboxylic acids is 1. The highest BCUT2D eigenvalue weighted by molar-refractivity contribution is 9.10. The Kier molecular flexibility index (Phi) is 4.13. The number of hydrogen-bond donors (Lipinski definition) is 2. The molecule has 2 N–H and O–H groups in total. The van der Waals surface area contributed by atoms with Gasteiger partial charge in [0, 0.05) is 18.5 Å². The van der Waals surface area contributed by atoms with Crippen LogP contribution in [-0.4, -0.2) is 21.0 Å². The fraction of sp³-hybridized carbons (Fsp3) is 0.556. The van der Waals surface area contributed by atoms with Gasteiger partial charge in [-0.3, -0.25) is 4.79 Å². The summed E-state index contributed by atoms with van der Waals surface area (Å²) in [7, 11) is 0. The number of aromatic nitrogens is 2. The molecule has 0 aliphatic carbocycles. The van der Waals surface area contributed by atoms with Gasteiger partial charge in [0.2, 0.25) is 0 Å². The molecule has 0 aliphatic rings. The van der Waals surface area contributed by atoms with E-state index in [2.05, 4.69) is 32.8 Å². The van der Waals surface area contributed by atoms with E-state index in [0.29, 0.717) is 6.42 Å². The van der Waals surface area contributed by atoms with E-state index in [0.717, 1.165) is 29.0 Å². The molecule has 0 atom stereocenters. The van der Waals surface area contributed by atoms with Crippen molar-refractivity contribution in [2.45, 2.75) is 32.6 Å². The largest absolute Gasteiger partial charge is 0.481 e. The minimum absolute atomic E-state index is 0.131. The maximum absolute atomic E-state index is 10.4. The molecule has 0 unspecified atom stereocenters.